The molecule has 1 aromatic carbocycles. The van der Waals surface area contributed by atoms with Crippen molar-refractivity contribution in [3.05, 3.63) is 33.8 Å². The lowest BCUT2D eigenvalue weighted by atomic mass is 9.96. The quantitative estimate of drug-likeness (QED) is 0.900. The Bertz CT molecular complexity index is 495. The van der Waals surface area contributed by atoms with Gasteiger partial charge in [0.05, 0.1) is 21.7 Å². The van der Waals surface area contributed by atoms with Crippen LogP contribution in [0.2, 0.25) is 10.0 Å². The minimum atomic E-state index is -1.03. The predicted molar refractivity (Wildman–Crippen MR) is 73.8 cm³/mol. The van der Waals surface area contributed by atoms with E-state index >= 15 is 0 Å². The Morgan fingerprint density at radius 2 is 2.32 bits per heavy atom. The van der Waals surface area contributed by atoms with E-state index in [-0.39, 0.29) is 23.6 Å². The van der Waals surface area contributed by atoms with Crippen LogP contribution in [-0.4, -0.2) is 35.9 Å². The Labute approximate surface area is 121 Å². The Balaban J connectivity index is 2.04. The molecule has 2 unspecified atom stereocenters. The largest absolute Gasteiger partial charge is 0.385 e. The zero-order chi connectivity index (χ0) is 14.0. The lowest BCUT2D eigenvalue weighted by molar-refractivity contribution is -0.0251. The molecule has 2 N–H and O–H groups in total. The first kappa shape index (κ1) is 14.6. The van der Waals surface area contributed by atoms with Crippen LogP contribution in [0.25, 0.3) is 0 Å². The summed E-state index contributed by atoms with van der Waals surface area (Å²) < 4.78 is 5.30. The molecule has 0 saturated carbocycles. The predicted octanol–water partition coefficient (Wildman–Crippen LogP) is 2.26. The van der Waals surface area contributed by atoms with Gasteiger partial charge in [-0.25, -0.2) is 0 Å². The molecule has 19 heavy (non-hydrogen) atoms. The van der Waals surface area contributed by atoms with Gasteiger partial charge in [0.15, 0.2) is 0 Å². The highest BCUT2D eigenvalue weighted by Crippen LogP contribution is 2.27. The van der Waals surface area contributed by atoms with Crippen molar-refractivity contribution in [3.8, 4) is 0 Å². The summed E-state index contributed by atoms with van der Waals surface area (Å²) in [5, 5.41) is 13.5. The van der Waals surface area contributed by atoms with E-state index in [0.717, 1.165) is 0 Å². The summed E-state index contributed by atoms with van der Waals surface area (Å²) >= 11 is 11.8. The number of aliphatic hydroxyl groups is 1. The number of carbonyl (C=O) groups is 1. The highest BCUT2D eigenvalue weighted by molar-refractivity contribution is 6.43. The minimum absolute atomic E-state index is 0.121. The van der Waals surface area contributed by atoms with Gasteiger partial charge < -0.3 is 15.2 Å². The molecule has 1 aliphatic rings. The van der Waals surface area contributed by atoms with Crippen LogP contribution in [0.1, 0.15) is 23.7 Å². The van der Waals surface area contributed by atoms with E-state index in [2.05, 4.69) is 5.32 Å². The van der Waals surface area contributed by atoms with Crippen molar-refractivity contribution in [1.29, 1.82) is 0 Å². The van der Waals surface area contributed by atoms with Crippen molar-refractivity contribution < 1.29 is 14.6 Å². The first-order chi connectivity index (χ1) is 8.94. The Morgan fingerprint density at radius 1 is 1.58 bits per heavy atom. The summed E-state index contributed by atoms with van der Waals surface area (Å²) in [6, 6.07) is 4.85. The molecular weight excluding hydrogens is 289 g/mol. The number of amides is 1. The van der Waals surface area contributed by atoms with E-state index in [1.807, 2.05) is 0 Å². The SMILES string of the molecule is CC1OCCC1(O)CNC(=O)c1cccc(Cl)c1Cl. The second kappa shape index (κ2) is 5.67. The van der Waals surface area contributed by atoms with Gasteiger partial charge in [-0.15, -0.1) is 0 Å². The molecule has 104 valence electrons. The van der Waals surface area contributed by atoms with Crippen molar-refractivity contribution >= 4 is 29.1 Å². The summed E-state index contributed by atoms with van der Waals surface area (Å²) in [5.74, 6) is -0.361. The third kappa shape index (κ3) is 3.03. The molecule has 6 heteroatoms. The van der Waals surface area contributed by atoms with Gasteiger partial charge >= 0.3 is 0 Å². The van der Waals surface area contributed by atoms with Crippen LogP contribution >= 0.6 is 23.2 Å². The van der Waals surface area contributed by atoms with E-state index in [9.17, 15) is 9.90 Å². The van der Waals surface area contributed by atoms with Gasteiger partial charge in [0.1, 0.15) is 5.60 Å². The maximum absolute atomic E-state index is 12.0. The topological polar surface area (TPSA) is 58.6 Å². The highest BCUT2D eigenvalue weighted by Gasteiger charge is 2.39. The fourth-order valence-electron chi connectivity index (χ4n) is 2.01. The first-order valence-corrected chi connectivity index (χ1v) is 6.76. The summed E-state index contributed by atoms with van der Waals surface area (Å²) in [4.78, 5) is 12.0. The van der Waals surface area contributed by atoms with Crippen LogP contribution in [0.5, 0.6) is 0 Å². The molecule has 0 spiro atoms. The normalized spacial score (nSPS) is 26.4. The average molecular weight is 304 g/mol. The fourth-order valence-corrected chi connectivity index (χ4v) is 2.40. The first-order valence-electron chi connectivity index (χ1n) is 6.00. The van der Waals surface area contributed by atoms with Crippen molar-refractivity contribution in [1.82, 2.24) is 5.32 Å². The number of nitrogens with one attached hydrogen (secondary N) is 1. The van der Waals surface area contributed by atoms with Crippen LogP contribution in [0.4, 0.5) is 0 Å². The van der Waals surface area contributed by atoms with Crippen molar-refractivity contribution in [2.24, 2.45) is 0 Å². The Hall–Kier alpha value is -0.810. The van der Waals surface area contributed by atoms with Crippen LogP contribution < -0.4 is 5.32 Å². The highest BCUT2D eigenvalue weighted by atomic mass is 35.5. The second-order valence-corrected chi connectivity index (χ2v) is 5.44. The molecule has 0 radical (unpaired) electrons. The standard InChI is InChI=1S/C13H15Cl2NO3/c1-8-13(18,5-6-19-8)7-16-12(17)9-3-2-4-10(14)11(9)15/h2-4,8,18H,5-7H2,1H3,(H,16,17). The van der Waals surface area contributed by atoms with E-state index < -0.39 is 5.60 Å². The van der Waals surface area contributed by atoms with Crippen molar-refractivity contribution in [3.63, 3.8) is 0 Å². The number of rotatable bonds is 3. The van der Waals surface area contributed by atoms with Gasteiger partial charge in [-0.2, -0.15) is 0 Å². The molecule has 1 aromatic rings. The maximum atomic E-state index is 12.0. The van der Waals surface area contributed by atoms with Crippen molar-refractivity contribution in [2.45, 2.75) is 25.0 Å². The minimum Gasteiger partial charge on any atom is -0.385 e. The van der Waals surface area contributed by atoms with E-state index in [1.165, 1.54) is 0 Å². The monoisotopic (exact) mass is 303 g/mol. The molecular formula is C13H15Cl2NO3. The molecule has 1 fully saturated rings. The molecule has 0 aromatic heterocycles. The van der Waals surface area contributed by atoms with Crippen LogP contribution in [0, 0.1) is 0 Å². The third-order valence-electron chi connectivity index (χ3n) is 3.41. The summed E-state index contributed by atoms with van der Waals surface area (Å²) in [7, 11) is 0. The number of hydrogen-bond acceptors (Lipinski definition) is 3. The van der Waals surface area contributed by atoms with E-state index in [4.69, 9.17) is 27.9 Å². The van der Waals surface area contributed by atoms with Crippen LogP contribution in [-0.2, 0) is 4.74 Å². The van der Waals surface area contributed by atoms with E-state index in [0.29, 0.717) is 23.6 Å². The van der Waals surface area contributed by atoms with Crippen LogP contribution in [0.15, 0.2) is 18.2 Å². The molecule has 1 amide bonds. The Morgan fingerprint density at radius 3 is 2.95 bits per heavy atom. The molecule has 2 atom stereocenters. The number of ether oxygens (including phenoxy) is 1. The number of hydrogen-bond donors (Lipinski definition) is 2. The van der Waals surface area contributed by atoms with Gasteiger partial charge in [-0.1, -0.05) is 29.3 Å². The van der Waals surface area contributed by atoms with Gasteiger partial charge in [-0.05, 0) is 19.1 Å². The van der Waals surface area contributed by atoms with Gasteiger partial charge in [0.25, 0.3) is 5.91 Å². The fraction of sp³-hybridized carbons (Fsp3) is 0.462. The summed E-state index contributed by atoms with van der Waals surface area (Å²) in [5.41, 5.74) is -0.731. The third-order valence-corrected chi connectivity index (χ3v) is 4.23. The number of benzene rings is 1. The van der Waals surface area contributed by atoms with Gasteiger partial charge in [-0.3, -0.25) is 4.79 Å². The zero-order valence-corrected chi connectivity index (χ0v) is 12.0. The summed E-state index contributed by atoms with van der Waals surface area (Å²) in [6.45, 7) is 2.40. The number of carbonyl (C=O) groups excluding carboxylic acids is 1. The van der Waals surface area contributed by atoms with Gasteiger partial charge in [0.2, 0.25) is 0 Å². The average Bonchev–Trinajstić information content (AvgIpc) is 2.71. The van der Waals surface area contributed by atoms with E-state index in [1.54, 1.807) is 25.1 Å². The van der Waals surface area contributed by atoms with Crippen LogP contribution in [0.3, 0.4) is 0 Å². The molecule has 1 saturated heterocycles. The smallest absolute Gasteiger partial charge is 0.252 e. The van der Waals surface area contributed by atoms with Gasteiger partial charge in [0, 0.05) is 19.6 Å². The van der Waals surface area contributed by atoms with Crippen molar-refractivity contribution in [2.75, 3.05) is 13.2 Å². The lowest BCUT2D eigenvalue weighted by Gasteiger charge is -2.26. The second-order valence-electron chi connectivity index (χ2n) is 4.65. The maximum Gasteiger partial charge on any atom is 0.252 e. The lowest BCUT2D eigenvalue weighted by Crippen LogP contribution is -2.47. The zero-order valence-electron chi connectivity index (χ0n) is 10.5. The Kier molecular flexibility index (Phi) is 4.36. The summed E-state index contributed by atoms with van der Waals surface area (Å²) in [6.07, 6.45) is 0.195. The molecule has 1 heterocycles. The molecule has 2 rings (SSSR count). The molecule has 1 aliphatic heterocycles. The molecule has 4 nitrogen and oxygen atoms in total. The molecule has 0 bridgehead atoms. The number of halogens is 2. The molecule has 0 aliphatic carbocycles.